The van der Waals surface area contributed by atoms with Crippen LogP contribution in [0.3, 0.4) is 0 Å². The Morgan fingerprint density at radius 1 is 1.10 bits per heavy atom. The molecule has 0 radical (unpaired) electrons. The van der Waals surface area contributed by atoms with Crippen molar-refractivity contribution < 1.29 is 18.3 Å². The van der Waals surface area contributed by atoms with Gasteiger partial charge in [-0.25, -0.2) is 4.39 Å². The van der Waals surface area contributed by atoms with Crippen molar-refractivity contribution in [1.82, 2.24) is 0 Å². The number of nitriles is 2. The summed E-state index contributed by atoms with van der Waals surface area (Å²) in [5, 5.41) is 17.3. The molecule has 0 aliphatic heterocycles. The molecule has 4 nitrogen and oxygen atoms in total. The minimum absolute atomic E-state index is 0.0412. The van der Waals surface area contributed by atoms with Gasteiger partial charge in [-0.2, -0.15) is 14.9 Å². The highest BCUT2D eigenvalue weighted by molar-refractivity contribution is 5.72. The van der Waals surface area contributed by atoms with E-state index < -0.39 is 11.6 Å². The van der Waals surface area contributed by atoms with Gasteiger partial charge in [-0.1, -0.05) is 6.07 Å². The molecule has 0 saturated heterocycles. The molecule has 0 spiro atoms. The molecule has 0 amide bonds. The molecule has 1 aromatic rings. The fourth-order valence-electron chi connectivity index (χ4n) is 4.83. The lowest BCUT2D eigenvalue weighted by Crippen LogP contribution is -2.29. The van der Waals surface area contributed by atoms with Crippen molar-refractivity contribution in [2.75, 3.05) is 0 Å². The summed E-state index contributed by atoms with van der Waals surface area (Å²) in [6.07, 6.45) is 9.39. The molecule has 2 aliphatic carbocycles. The Morgan fingerprint density at radius 2 is 1.81 bits per heavy atom. The average molecular weight is 427 g/mol. The van der Waals surface area contributed by atoms with Crippen LogP contribution in [0.1, 0.15) is 81.3 Å². The van der Waals surface area contributed by atoms with Crippen molar-refractivity contribution in [1.29, 1.82) is 10.5 Å². The Labute approximate surface area is 182 Å². The van der Waals surface area contributed by atoms with E-state index in [0.717, 1.165) is 63.4 Å². The summed E-state index contributed by atoms with van der Waals surface area (Å²) in [4.78, 5) is 12.6. The molecule has 2 fully saturated rings. The Kier molecular flexibility index (Phi) is 8.18. The molecule has 0 aromatic heterocycles. The van der Waals surface area contributed by atoms with Gasteiger partial charge in [0.15, 0.2) is 5.83 Å². The normalized spacial score (nSPS) is 26.5. The zero-order chi connectivity index (χ0) is 22.2. The second-order valence-electron chi connectivity index (χ2n) is 8.72. The minimum Gasteiger partial charge on any atom is -0.462 e. The van der Waals surface area contributed by atoms with E-state index in [1.807, 2.05) is 12.1 Å². The highest BCUT2D eigenvalue weighted by Gasteiger charge is 2.31. The van der Waals surface area contributed by atoms with Crippen LogP contribution in [-0.4, -0.2) is 12.1 Å². The second kappa shape index (κ2) is 11.0. The molecular weight excluding hydrogens is 398 g/mol. The Hall–Kier alpha value is -2.73. The molecule has 0 heterocycles. The van der Waals surface area contributed by atoms with E-state index >= 15 is 0 Å². The van der Waals surface area contributed by atoms with Crippen molar-refractivity contribution in [3.8, 4) is 12.1 Å². The monoisotopic (exact) mass is 426 g/mol. The second-order valence-corrected chi connectivity index (χ2v) is 8.72. The number of ether oxygens (including phenoxy) is 1. The molecule has 0 bridgehead atoms. The SMILES string of the molecule is N#C/C(F)=C\CCC1CCC(OC(=O)C2CCC(c3ccc(C#N)c(F)c3)CC2)CC1. The van der Waals surface area contributed by atoms with Gasteiger partial charge in [0, 0.05) is 0 Å². The highest BCUT2D eigenvalue weighted by Crippen LogP contribution is 2.37. The number of halogens is 2. The van der Waals surface area contributed by atoms with Crippen LogP contribution in [0.4, 0.5) is 8.78 Å². The predicted octanol–water partition coefficient (Wildman–Crippen LogP) is 6.23. The molecule has 3 rings (SSSR count). The van der Waals surface area contributed by atoms with E-state index in [2.05, 4.69) is 0 Å². The number of nitrogens with zero attached hydrogens (tertiary/aromatic N) is 2. The largest absolute Gasteiger partial charge is 0.462 e. The molecule has 2 saturated carbocycles. The maximum absolute atomic E-state index is 13.9. The van der Waals surface area contributed by atoms with Crippen LogP contribution in [0, 0.1) is 40.3 Å². The van der Waals surface area contributed by atoms with Gasteiger partial charge in [0.25, 0.3) is 0 Å². The van der Waals surface area contributed by atoms with Gasteiger partial charge in [-0.15, -0.1) is 0 Å². The molecule has 2 aliphatic rings. The van der Waals surface area contributed by atoms with Crippen molar-refractivity contribution in [3.05, 3.63) is 47.0 Å². The van der Waals surface area contributed by atoms with Crippen LogP contribution in [0.5, 0.6) is 0 Å². The lowest BCUT2D eigenvalue weighted by atomic mass is 9.78. The van der Waals surface area contributed by atoms with Crippen LogP contribution >= 0.6 is 0 Å². The third kappa shape index (κ3) is 6.37. The van der Waals surface area contributed by atoms with Gasteiger partial charge < -0.3 is 4.74 Å². The van der Waals surface area contributed by atoms with Gasteiger partial charge in [0.2, 0.25) is 0 Å². The topological polar surface area (TPSA) is 73.9 Å². The number of rotatable bonds is 6. The number of carbonyl (C=O) groups is 1. The van der Waals surface area contributed by atoms with E-state index in [0.29, 0.717) is 12.3 Å². The van der Waals surface area contributed by atoms with E-state index in [9.17, 15) is 13.6 Å². The summed E-state index contributed by atoms with van der Waals surface area (Å²) < 4.78 is 32.5. The number of esters is 1. The number of allylic oxidation sites excluding steroid dienone is 2. The van der Waals surface area contributed by atoms with Gasteiger partial charge in [0.1, 0.15) is 24.1 Å². The first kappa shape index (κ1) is 22.9. The maximum atomic E-state index is 13.9. The van der Waals surface area contributed by atoms with Crippen molar-refractivity contribution in [3.63, 3.8) is 0 Å². The summed E-state index contributed by atoms with van der Waals surface area (Å²) >= 11 is 0. The summed E-state index contributed by atoms with van der Waals surface area (Å²) in [5.74, 6) is -0.726. The predicted molar refractivity (Wildman–Crippen MR) is 112 cm³/mol. The first-order valence-corrected chi connectivity index (χ1v) is 11.2. The van der Waals surface area contributed by atoms with Crippen LogP contribution in [-0.2, 0) is 9.53 Å². The maximum Gasteiger partial charge on any atom is 0.309 e. The quantitative estimate of drug-likeness (QED) is 0.399. The molecule has 164 valence electrons. The van der Waals surface area contributed by atoms with E-state index in [1.165, 1.54) is 24.3 Å². The van der Waals surface area contributed by atoms with Crippen molar-refractivity contribution >= 4 is 5.97 Å². The third-order valence-electron chi connectivity index (χ3n) is 6.73. The van der Waals surface area contributed by atoms with Gasteiger partial charge in [0.05, 0.1) is 11.5 Å². The smallest absolute Gasteiger partial charge is 0.309 e. The fourth-order valence-corrected chi connectivity index (χ4v) is 4.83. The van der Waals surface area contributed by atoms with Crippen molar-refractivity contribution in [2.45, 2.75) is 76.2 Å². The number of carbonyl (C=O) groups excluding carboxylic acids is 1. The summed E-state index contributed by atoms with van der Waals surface area (Å²) in [7, 11) is 0. The first-order valence-electron chi connectivity index (χ1n) is 11.2. The molecule has 0 unspecified atom stereocenters. The van der Waals surface area contributed by atoms with Crippen LogP contribution < -0.4 is 0 Å². The lowest BCUT2D eigenvalue weighted by molar-refractivity contribution is -0.157. The molecule has 1 aromatic carbocycles. The molecular formula is C25H28F2N2O2. The van der Waals surface area contributed by atoms with Crippen LogP contribution in [0.25, 0.3) is 0 Å². The Balaban J connectivity index is 1.39. The summed E-state index contributed by atoms with van der Waals surface area (Å²) in [6.45, 7) is 0. The van der Waals surface area contributed by atoms with E-state index in [4.69, 9.17) is 15.3 Å². The van der Waals surface area contributed by atoms with Crippen molar-refractivity contribution in [2.24, 2.45) is 11.8 Å². The zero-order valence-corrected chi connectivity index (χ0v) is 17.7. The summed E-state index contributed by atoms with van der Waals surface area (Å²) in [6, 6.07) is 8.12. The average Bonchev–Trinajstić information content (AvgIpc) is 2.80. The van der Waals surface area contributed by atoms with Gasteiger partial charge in [-0.05, 0) is 99.8 Å². The molecule has 6 heteroatoms. The standard InChI is InChI=1S/C25H28F2N2O2/c26-22(16-29)3-1-2-17-4-12-23(13-5-17)31-25(30)19-8-6-18(7-9-19)20-10-11-21(15-28)24(27)14-20/h3,10-11,14,17-19,23H,1-2,4-9,12-13H2/b22-3+. The van der Waals surface area contributed by atoms with Crippen LogP contribution in [0.15, 0.2) is 30.1 Å². The highest BCUT2D eigenvalue weighted by atomic mass is 19.1. The minimum atomic E-state index is -0.721. The number of benzene rings is 1. The Bertz CT molecular complexity index is 884. The van der Waals surface area contributed by atoms with Gasteiger partial charge in [-0.3, -0.25) is 4.79 Å². The first-order chi connectivity index (χ1) is 15.0. The molecule has 0 atom stereocenters. The van der Waals surface area contributed by atoms with E-state index in [-0.39, 0.29) is 29.5 Å². The third-order valence-corrected chi connectivity index (χ3v) is 6.73. The zero-order valence-electron chi connectivity index (χ0n) is 17.7. The molecule has 0 N–H and O–H groups in total. The Morgan fingerprint density at radius 3 is 2.42 bits per heavy atom. The van der Waals surface area contributed by atoms with E-state index in [1.54, 1.807) is 0 Å². The lowest BCUT2D eigenvalue weighted by Gasteiger charge is -2.31. The number of hydrogen-bond acceptors (Lipinski definition) is 4. The summed E-state index contributed by atoms with van der Waals surface area (Å²) in [5.41, 5.74) is 0.952. The number of hydrogen-bond donors (Lipinski definition) is 0. The van der Waals surface area contributed by atoms with Gasteiger partial charge >= 0.3 is 5.97 Å². The van der Waals surface area contributed by atoms with Crippen LogP contribution in [0.2, 0.25) is 0 Å². The fraction of sp³-hybridized carbons (Fsp3) is 0.560. The molecule has 31 heavy (non-hydrogen) atoms.